The molecule has 0 N–H and O–H groups in total. The van der Waals surface area contributed by atoms with Crippen molar-refractivity contribution in [1.29, 1.82) is 0 Å². The van der Waals surface area contributed by atoms with Crippen LogP contribution in [0.4, 0.5) is 0 Å². The zero-order valence-corrected chi connectivity index (χ0v) is 11.3. The van der Waals surface area contributed by atoms with Crippen molar-refractivity contribution in [2.24, 2.45) is 7.05 Å². The predicted octanol–water partition coefficient (Wildman–Crippen LogP) is 0.596. The van der Waals surface area contributed by atoms with E-state index in [1.54, 1.807) is 0 Å². The van der Waals surface area contributed by atoms with Crippen LogP contribution in [0.25, 0.3) is 0 Å². The normalized spacial score (nSPS) is 10.8. The SMILES string of the molecule is CCCCn1cc[n+](C)c1.CCOS(=O)(=O)[O-]. The Morgan fingerprint density at radius 1 is 1.41 bits per heavy atom. The van der Waals surface area contributed by atoms with Crippen molar-refractivity contribution in [2.45, 2.75) is 33.2 Å². The molecule has 6 nitrogen and oxygen atoms in total. The van der Waals surface area contributed by atoms with Gasteiger partial charge in [-0.3, -0.25) is 4.18 Å². The second kappa shape index (κ2) is 8.21. The lowest BCUT2D eigenvalue weighted by Crippen LogP contribution is -2.23. The van der Waals surface area contributed by atoms with Gasteiger partial charge < -0.3 is 4.55 Å². The van der Waals surface area contributed by atoms with Crippen LogP contribution in [-0.4, -0.2) is 24.1 Å². The van der Waals surface area contributed by atoms with Crippen LogP contribution in [-0.2, 0) is 28.2 Å². The lowest BCUT2D eigenvalue weighted by atomic mass is 10.3. The number of hydrogen-bond donors (Lipinski definition) is 0. The highest BCUT2D eigenvalue weighted by molar-refractivity contribution is 7.80. The van der Waals surface area contributed by atoms with Gasteiger partial charge in [0.1, 0.15) is 12.4 Å². The van der Waals surface area contributed by atoms with E-state index in [9.17, 15) is 13.0 Å². The molecular weight excluding hydrogens is 244 g/mol. The van der Waals surface area contributed by atoms with Crippen molar-refractivity contribution >= 4 is 10.4 Å². The van der Waals surface area contributed by atoms with Crippen LogP contribution in [0, 0.1) is 0 Å². The summed E-state index contributed by atoms with van der Waals surface area (Å²) in [6.07, 6.45) is 8.82. The molecule has 0 radical (unpaired) electrons. The van der Waals surface area contributed by atoms with E-state index in [1.165, 1.54) is 19.8 Å². The van der Waals surface area contributed by atoms with Crippen molar-refractivity contribution in [3.05, 3.63) is 18.7 Å². The van der Waals surface area contributed by atoms with E-state index >= 15 is 0 Å². The largest absolute Gasteiger partial charge is 0.726 e. The van der Waals surface area contributed by atoms with Crippen LogP contribution < -0.4 is 4.57 Å². The van der Waals surface area contributed by atoms with E-state index in [-0.39, 0.29) is 6.61 Å². The lowest BCUT2D eigenvalue weighted by molar-refractivity contribution is -0.671. The Balaban J connectivity index is 0.000000325. The summed E-state index contributed by atoms with van der Waals surface area (Å²) in [7, 11) is -2.38. The molecule has 0 amide bonds. The molecule has 0 fully saturated rings. The first-order chi connectivity index (χ1) is 7.89. The Kier molecular flexibility index (Phi) is 7.77. The molecule has 1 rings (SSSR count). The summed E-state index contributed by atoms with van der Waals surface area (Å²) in [5, 5.41) is 0. The zero-order valence-electron chi connectivity index (χ0n) is 10.5. The molecule has 0 spiro atoms. The number of aryl methyl sites for hydroxylation is 2. The number of imidazole rings is 1. The summed E-state index contributed by atoms with van der Waals surface area (Å²) in [4.78, 5) is 0. The molecule has 0 saturated carbocycles. The van der Waals surface area contributed by atoms with Crippen LogP contribution in [0.15, 0.2) is 18.7 Å². The van der Waals surface area contributed by atoms with Gasteiger partial charge in [0.05, 0.1) is 20.2 Å². The van der Waals surface area contributed by atoms with Gasteiger partial charge in [-0.1, -0.05) is 13.3 Å². The molecule has 1 aromatic heterocycles. The molecule has 100 valence electrons. The summed E-state index contributed by atoms with van der Waals surface area (Å²) in [6, 6.07) is 0. The topological polar surface area (TPSA) is 75.2 Å². The smallest absolute Gasteiger partial charge is 0.243 e. The zero-order chi connectivity index (χ0) is 13.3. The summed E-state index contributed by atoms with van der Waals surface area (Å²) < 4.78 is 36.3. The third-order valence-corrected chi connectivity index (χ3v) is 2.38. The maximum atomic E-state index is 9.45. The van der Waals surface area contributed by atoms with Gasteiger partial charge in [-0.25, -0.2) is 17.6 Å². The molecule has 0 aliphatic rings. The Hall–Kier alpha value is -0.920. The molecule has 1 aromatic rings. The van der Waals surface area contributed by atoms with E-state index in [2.05, 4.69) is 39.0 Å². The van der Waals surface area contributed by atoms with Crippen molar-refractivity contribution in [3.8, 4) is 0 Å². The Morgan fingerprint density at radius 2 is 2.06 bits per heavy atom. The van der Waals surface area contributed by atoms with Crippen LogP contribution in [0.2, 0.25) is 0 Å². The molecule has 0 unspecified atom stereocenters. The third-order valence-electron chi connectivity index (χ3n) is 1.86. The Morgan fingerprint density at radius 3 is 2.35 bits per heavy atom. The van der Waals surface area contributed by atoms with Gasteiger partial charge in [-0.15, -0.1) is 0 Å². The summed E-state index contributed by atoms with van der Waals surface area (Å²) in [5.41, 5.74) is 0. The van der Waals surface area contributed by atoms with Gasteiger partial charge in [0.25, 0.3) is 0 Å². The van der Waals surface area contributed by atoms with Crippen LogP contribution in [0.1, 0.15) is 26.7 Å². The van der Waals surface area contributed by atoms with Gasteiger partial charge >= 0.3 is 0 Å². The highest BCUT2D eigenvalue weighted by Gasteiger charge is 1.96. The van der Waals surface area contributed by atoms with E-state index in [0.29, 0.717) is 0 Å². The average Bonchev–Trinajstić information content (AvgIpc) is 2.60. The number of aromatic nitrogens is 2. The fourth-order valence-corrected chi connectivity index (χ4v) is 1.41. The monoisotopic (exact) mass is 264 g/mol. The number of hydrogen-bond acceptors (Lipinski definition) is 4. The van der Waals surface area contributed by atoms with E-state index in [0.717, 1.165) is 6.54 Å². The second-order valence-electron chi connectivity index (χ2n) is 3.49. The number of nitrogens with zero attached hydrogens (tertiary/aromatic N) is 2. The van der Waals surface area contributed by atoms with Crippen LogP contribution in [0.3, 0.4) is 0 Å². The first kappa shape index (κ1) is 16.1. The molecule has 0 aliphatic heterocycles. The first-order valence-electron chi connectivity index (χ1n) is 5.50. The minimum absolute atomic E-state index is 0.0914. The molecule has 1 heterocycles. The molecule has 0 aromatic carbocycles. The van der Waals surface area contributed by atoms with Gasteiger partial charge in [0, 0.05) is 0 Å². The van der Waals surface area contributed by atoms with Gasteiger partial charge in [-0.05, 0) is 13.3 Å². The minimum Gasteiger partial charge on any atom is -0.726 e. The molecule has 17 heavy (non-hydrogen) atoms. The van der Waals surface area contributed by atoms with Crippen LogP contribution >= 0.6 is 0 Å². The fourth-order valence-electron chi connectivity index (χ4n) is 1.12. The van der Waals surface area contributed by atoms with E-state index in [4.69, 9.17) is 0 Å². The maximum absolute atomic E-state index is 9.45. The Bertz CT molecular complexity index is 400. The first-order valence-corrected chi connectivity index (χ1v) is 6.83. The second-order valence-corrected chi connectivity index (χ2v) is 4.54. The molecule has 0 aliphatic carbocycles. The summed E-state index contributed by atoms with van der Waals surface area (Å²) in [5.74, 6) is 0. The molecular formula is C10H20N2O4S. The molecule has 7 heteroatoms. The number of rotatable bonds is 5. The standard InChI is InChI=1S/C8H15N2.C2H6O4S/c1-3-4-5-10-7-6-9(2)8-10;1-2-6-7(3,4)5/h6-8H,3-5H2,1-2H3;2H2,1H3,(H,3,4,5)/q+1;/p-1. The molecule has 0 atom stereocenters. The van der Waals surface area contributed by atoms with Gasteiger partial charge in [-0.2, -0.15) is 0 Å². The van der Waals surface area contributed by atoms with Gasteiger partial charge in [0.2, 0.25) is 16.7 Å². The van der Waals surface area contributed by atoms with Crippen molar-refractivity contribution in [3.63, 3.8) is 0 Å². The minimum atomic E-state index is -4.42. The van der Waals surface area contributed by atoms with E-state index < -0.39 is 10.4 Å². The highest BCUT2D eigenvalue weighted by atomic mass is 32.3. The average molecular weight is 264 g/mol. The maximum Gasteiger partial charge on any atom is 0.243 e. The van der Waals surface area contributed by atoms with Gasteiger partial charge in [0.15, 0.2) is 0 Å². The van der Waals surface area contributed by atoms with Crippen molar-refractivity contribution in [1.82, 2.24) is 4.57 Å². The highest BCUT2D eigenvalue weighted by Crippen LogP contribution is 1.91. The molecule has 0 bridgehead atoms. The lowest BCUT2D eigenvalue weighted by Gasteiger charge is -2.02. The Labute approximate surface area is 103 Å². The van der Waals surface area contributed by atoms with E-state index in [1.807, 2.05) is 7.05 Å². The third kappa shape index (κ3) is 9.98. The summed E-state index contributed by atoms with van der Waals surface area (Å²) >= 11 is 0. The summed E-state index contributed by atoms with van der Waals surface area (Å²) in [6.45, 7) is 4.70. The van der Waals surface area contributed by atoms with Crippen LogP contribution in [0.5, 0.6) is 0 Å². The quantitative estimate of drug-likeness (QED) is 0.443. The van der Waals surface area contributed by atoms with Crippen molar-refractivity contribution < 1.29 is 21.7 Å². The number of unbranched alkanes of at least 4 members (excludes halogenated alkanes) is 1. The van der Waals surface area contributed by atoms with Crippen molar-refractivity contribution in [2.75, 3.05) is 6.61 Å². The molecule has 0 saturated heterocycles. The predicted molar refractivity (Wildman–Crippen MR) is 61.8 cm³/mol. The fraction of sp³-hybridized carbons (Fsp3) is 0.700.